The number of nitro groups is 1. The first-order valence-corrected chi connectivity index (χ1v) is 5.84. The number of nitrogens with zero attached hydrogens (tertiary/aromatic N) is 1. The zero-order valence-corrected chi connectivity index (χ0v) is 9.49. The third-order valence-corrected chi connectivity index (χ3v) is 2.97. The van der Waals surface area contributed by atoms with Gasteiger partial charge in [0.1, 0.15) is 0 Å². The lowest BCUT2D eigenvalue weighted by Crippen LogP contribution is -2.04. The number of hydrogen-bond acceptors (Lipinski definition) is 3. The van der Waals surface area contributed by atoms with Gasteiger partial charge < -0.3 is 5.32 Å². The van der Waals surface area contributed by atoms with Gasteiger partial charge in [0.25, 0.3) is 5.69 Å². The molecule has 0 spiro atoms. The van der Waals surface area contributed by atoms with Crippen molar-refractivity contribution in [2.45, 2.75) is 25.7 Å². The van der Waals surface area contributed by atoms with Crippen molar-refractivity contribution in [1.29, 1.82) is 0 Å². The Hall–Kier alpha value is -1.65. The van der Waals surface area contributed by atoms with Crippen LogP contribution in [0.25, 0.3) is 0 Å². The molecule has 1 saturated carbocycles. The fourth-order valence-electron chi connectivity index (χ4n) is 1.78. The van der Waals surface area contributed by atoms with E-state index < -0.39 is 10.7 Å². The number of non-ortho nitro benzene ring substituents is 1. The van der Waals surface area contributed by atoms with Gasteiger partial charge in [0.2, 0.25) is 0 Å². The van der Waals surface area contributed by atoms with E-state index in [0.29, 0.717) is 12.2 Å². The number of hydrogen-bond donors (Lipinski definition) is 1. The Morgan fingerprint density at radius 1 is 1.47 bits per heavy atom. The molecule has 1 aromatic rings. The molecular weight excluding hydrogens is 223 g/mol. The second kappa shape index (κ2) is 5.12. The summed E-state index contributed by atoms with van der Waals surface area (Å²) in [6.07, 6.45) is 4.85. The number of halogens is 1. The van der Waals surface area contributed by atoms with Gasteiger partial charge in [0, 0.05) is 12.6 Å². The lowest BCUT2D eigenvalue weighted by Gasteiger charge is -2.06. The first kappa shape index (κ1) is 11.8. The number of nitro benzene ring substituents is 1. The third-order valence-electron chi connectivity index (χ3n) is 2.97. The highest BCUT2D eigenvalue weighted by Gasteiger charge is 2.20. The Bertz CT molecular complexity index is 419. The third kappa shape index (κ3) is 3.41. The molecule has 1 fully saturated rings. The largest absolute Gasteiger partial charge is 0.383 e. The molecule has 1 N–H and O–H groups in total. The maximum absolute atomic E-state index is 13.4. The van der Waals surface area contributed by atoms with Crippen molar-refractivity contribution in [3.05, 3.63) is 34.1 Å². The average molecular weight is 238 g/mol. The van der Waals surface area contributed by atoms with E-state index in [1.165, 1.54) is 31.4 Å². The molecular formula is C12H15FN2O2. The van der Waals surface area contributed by atoms with Crippen LogP contribution in [0.15, 0.2) is 18.2 Å². The molecule has 1 aliphatic carbocycles. The Morgan fingerprint density at radius 3 is 2.82 bits per heavy atom. The van der Waals surface area contributed by atoms with Crippen LogP contribution >= 0.6 is 0 Å². The van der Waals surface area contributed by atoms with Gasteiger partial charge >= 0.3 is 0 Å². The van der Waals surface area contributed by atoms with E-state index in [-0.39, 0.29) is 5.69 Å². The van der Waals surface area contributed by atoms with Crippen molar-refractivity contribution in [2.24, 2.45) is 5.92 Å². The molecule has 1 aromatic carbocycles. The van der Waals surface area contributed by atoms with Crippen LogP contribution in [0.3, 0.4) is 0 Å². The quantitative estimate of drug-likeness (QED) is 0.470. The predicted octanol–water partition coefficient (Wildman–Crippen LogP) is 3.34. The molecule has 5 heteroatoms. The number of nitrogens with one attached hydrogen (secondary N) is 1. The maximum atomic E-state index is 13.4. The summed E-state index contributed by atoms with van der Waals surface area (Å²) in [4.78, 5) is 9.83. The second-order valence-corrected chi connectivity index (χ2v) is 4.43. The van der Waals surface area contributed by atoms with E-state index in [1.54, 1.807) is 0 Å². The SMILES string of the molecule is O=[N+]([O-])c1ccc(NCCCC2CC2)c(F)c1. The van der Waals surface area contributed by atoms with E-state index >= 15 is 0 Å². The van der Waals surface area contributed by atoms with Gasteiger partial charge in [-0.05, 0) is 24.8 Å². The molecule has 0 bridgehead atoms. The normalized spacial score (nSPS) is 14.6. The van der Waals surface area contributed by atoms with Crippen LogP contribution in [-0.2, 0) is 0 Å². The number of anilines is 1. The van der Waals surface area contributed by atoms with E-state index in [9.17, 15) is 14.5 Å². The molecule has 0 amide bonds. The Kier molecular flexibility index (Phi) is 3.56. The average Bonchev–Trinajstić information content (AvgIpc) is 3.09. The summed E-state index contributed by atoms with van der Waals surface area (Å²) < 4.78 is 13.4. The van der Waals surface area contributed by atoms with Gasteiger partial charge in [0.05, 0.1) is 16.7 Å². The van der Waals surface area contributed by atoms with Crippen LogP contribution in [0.4, 0.5) is 15.8 Å². The molecule has 17 heavy (non-hydrogen) atoms. The predicted molar refractivity (Wildman–Crippen MR) is 63.5 cm³/mol. The van der Waals surface area contributed by atoms with Gasteiger partial charge in [-0.15, -0.1) is 0 Å². The van der Waals surface area contributed by atoms with Crippen molar-refractivity contribution in [3.63, 3.8) is 0 Å². The van der Waals surface area contributed by atoms with Gasteiger partial charge in [-0.2, -0.15) is 0 Å². The molecule has 92 valence electrons. The Balaban J connectivity index is 1.84. The molecule has 0 unspecified atom stereocenters. The zero-order valence-electron chi connectivity index (χ0n) is 9.49. The van der Waals surface area contributed by atoms with E-state index in [0.717, 1.165) is 18.4 Å². The van der Waals surface area contributed by atoms with Gasteiger partial charge in [0.15, 0.2) is 5.82 Å². The molecule has 0 aromatic heterocycles. The number of rotatable bonds is 6. The van der Waals surface area contributed by atoms with Gasteiger partial charge in [-0.25, -0.2) is 4.39 Å². The molecule has 0 atom stereocenters. The highest BCUT2D eigenvalue weighted by atomic mass is 19.1. The summed E-state index contributed by atoms with van der Waals surface area (Å²) in [5.41, 5.74) is 0.123. The fourth-order valence-corrected chi connectivity index (χ4v) is 1.78. The minimum atomic E-state index is -0.597. The molecule has 0 radical (unpaired) electrons. The minimum Gasteiger partial charge on any atom is -0.383 e. The summed E-state index contributed by atoms with van der Waals surface area (Å²) in [6.45, 7) is 0.714. The standard InChI is InChI=1S/C12H15FN2O2/c13-11-8-10(15(16)17)5-6-12(11)14-7-1-2-9-3-4-9/h5-6,8-9,14H,1-4,7H2. The molecule has 4 nitrogen and oxygen atoms in total. The van der Waals surface area contributed by atoms with Crippen molar-refractivity contribution in [2.75, 3.05) is 11.9 Å². The first-order chi connectivity index (χ1) is 8.16. The van der Waals surface area contributed by atoms with Crippen LogP contribution in [0.1, 0.15) is 25.7 Å². The van der Waals surface area contributed by atoms with Crippen LogP contribution in [0.5, 0.6) is 0 Å². The van der Waals surface area contributed by atoms with Crippen molar-refractivity contribution < 1.29 is 9.31 Å². The lowest BCUT2D eigenvalue weighted by molar-refractivity contribution is -0.385. The second-order valence-electron chi connectivity index (χ2n) is 4.43. The smallest absolute Gasteiger partial charge is 0.272 e. The number of benzene rings is 1. The van der Waals surface area contributed by atoms with Crippen LogP contribution in [0, 0.1) is 21.8 Å². The summed E-state index contributed by atoms with van der Waals surface area (Å²) in [5, 5.41) is 13.4. The molecule has 2 rings (SSSR count). The first-order valence-electron chi connectivity index (χ1n) is 5.84. The molecule has 0 saturated heterocycles. The van der Waals surface area contributed by atoms with E-state index in [4.69, 9.17) is 0 Å². The van der Waals surface area contributed by atoms with E-state index in [2.05, 4.69) is 5.32 Å². The van der Waals surface area contributed by atoms with Gasteiger partial charge in [-0.3, -0.25) is 10.1 Å². The summed E-state index contributed by atoms with van der Waals surface area (Å²) in [7, 11) is 0. The lowest BCUT2D eigenvalue weighted by atomic mass is 10.2. The zero-order chi connectivity index (χ0) is 12.3. The van der Waals surface area contributed by atoms with Crippen LogP contribution in [-0.4, -0.2) is 11.5 Å². The minimum absolute atomic E-state index is 0.217. The molecule has 1 aliphatic rings. The monoisotopic (exact) mass is 238 g/mol. The highest BCUT2D eigenvalue weighted by molar-refractivity contribution is 5.49. The van der Waals surface area contributed by atoms with Crippen molar-refractivity contribution in [3.8, 4) is 0 Å². The van der Waals surface area contributed by atoms with Crippen molar-refractivity contribution >= 4 is 11.4 Å². The van der Waals surface area contributed by atoms with Crippen LogP contribution < -0.4 is 5.32 Å². The molecule has 0 aliphatic heterocycles. The summed E-state index contributed by atoms with van der Waals surface area (Å²) >= 11 is 0. The fraction of sp³-hybridized carbons (Fsp3) is 0.500. The topological polar surface area (TPSA) is 55.2 Å². The highest BCUT2D eigenvalue weighted by Crippen LogP contribution is 2.33. The van der Waals surface area contributed by atoms with Crippen LogP contribution in [0.2, 0.25) is 0 Å². The molecule has 0 heterocycles. The Morgan fingerprint density at radius 2 is 2.24 bits per heavy atom. The summed E-state index contributed by atoms with van der Waals surface area (Å²) in [5.74, 6) is 0.309. The van der Waals surface area contributed by atoms with Gasteiger partial charge in [-0.1, -0.05) is 12.8 Å². The summed E-state index contributed by atoms with van der Waals surface area (Å²) in [6, 6.07) is 3.68. The Labute approximate surface area is 99.0 Å². The van der Waals surface area contributed by atoms with Crippen molar-refractivity contribution in [1.82, 2.24) is 0 Å². The maximum Gasteiger partial charge on any atom is 0.272 e. The van der Waals surface area contributed by atoms with E-state index in [1.807, 2.05) is 0 Å².